The van der Waals surface area contributed by atoms with E-state index in [9.17, 15) is 9.18 Å². The highest BCUT2D eigenvalue weighted by Crippen LogP contribution is 2.24. The van der Waals surface area contributed by atoms with Crippen LogP contribution in [0.5, 0.6) is 0 Å². The molecule has 0 radical (unpaired) electrons. The maximum Gasteiger partial charge on any atom is 0.374 e. The summed E-state index contributed by atoms with van der Waals surface area (Å²) in [7, 11) is 0. The molecule has 2 rings (SSSR count). The van der Waals surface area contributed by atoms with Gasteiger partial charge in [0.25, 0.3) is 0 Å². The summed E-state index contributed by atoms with van der Waals surface area (Å²) in [6.07, 6.45) is 0. The van der Waals surface area contributed by atoms with Crippen LogP contribution in [-0.4, -0.2) is 16.1 Å². The van der Waals surface area contributed by atoms with Gasteiger partial charge in [-0.1, -0.05) is 12.1 Å². The molecule has 82 valence electrons. The molecular formula is C11H8FNO3. The minimum Gasteiger partial charge on any atom is -0.475 e. The molecule has 0 saturated heterocycles. The van der Waals surface area contributed by atoms with Crippen molar-refractivity contribution in [3.63, 3.8) is 0 Å². The number of rotatable bonds is 2. The number of hydrogen-bond acceptors (Lipinski definition) is 3. The molecule has 2 aromatic rings. The topological polar surface area (TPSA) is 63.3 Å². The Labute approximate surface area is 90.4 Å². The van der Waals surface area contributed by atoms with Gasteiger partial charge in [-0.25, -0.2) is 14.2 Å². The molecule has 1 N–H and O–H groups in total. The zero-order chi connectivity index (χ0) is 11.7. The van der Waals surface area contributed by atoms with E-state index >= 15 is 0 Å². The summed E-state index contributed by atoms with van der Waals surface area (Å²) in [4.78, 5) is 14.8. The Hall–Kier alpha value is -2.17. The summed E-state index contributed by atoms with van der Waals surface area (Å²) >= 11 is 0. The van der Waals surface area contributed by atoms with Crippen molar-refractivity contribution >= 4 is 5.97 Å². The van der Waals surface area contributed by atoms with Crippen molar-refractivity contribution in [3.8, 4) is 11.3 Å². The average molecular weight is 221 g/mol. The smallest absolute Gasteiger partial charge is 0.374 e. The highest BCUT2D eigenvalue weighted by Gasteiger charge is 2.19. The molecule has 0 aliphatic carbocycles. The normalized spacial score (nSPS) is 10.4. The third kappa shape index (κ3) is 1.79. The van der Waals surface area contributed by atoms with Crippen molar-refractivity contribution in [2.45, 2.75) is 6.92 Å². The molecule has 0 aliphatic heterocycles. The maximum absolute atomic E-state index is 13.0. The highest BCUT2D eigenvalue weighted by atomic mass is 19.1. The third-order valence-corrected chi connectivity index (χ3v) is 2.03. The van der Waals surface area contributed by atoms with E-state index in [2.05, 4.69) is 4.98 Å². The highest BCUT2D eigenvalue weighted by molar-refractivity contribution is 5.91. The quantitative estimate of drug-likeness (QED) is 0.846. The fourth-order valence-electron chi connectivity index (χ4n) is 1.40. The van der Waals surface area contributed by atoms with Gasteiger partial charge in [-0.2, -0.15) is 0 Å². The average Bonchev–Trinajstić information content (AvgIpc) is 2.60. The molecule has 16 heavy (non-hydrogen) atoms. The molecule has 0 atom stereocenters. The van der Waals surface area contributed by atoms with Crippen LogP contribution in [0.25, 0.3) is 11.3 Å². The van der Waals surface area contributed by atoms with Crippen LogP contribution in [0.2, 0.25) is 0 Å². The van der Waals surface area contributed by atoms with Gasteiger partial charge < -0.3 is 9.52 Å². The van der Waals surface area contributed by atoms with Gasteiger partial charge in [0.1, 0.15) is 11.5 Å². The Kier molecular flexibility index (Phi) is 2.44. The minimum absolute atomic E-state index is 0.143. The van der Waals surface area contributed by atoms with E-state index in [1.54, 1.807) is 6.07 Å². The van der Waals surface area contributed by atoms with Crippen LogP contribution >= 0.6 is 0 Å². The Morgan fingerprint density at radius 3 is 2.88 bits per heavy atom. The summed E-state index contributed by atoms with van der Waals surface area (Å²) < 4.78 is 17.9. The van der Waals surface area contributed by atoms with Gasteiger partial charge in [0.05, 0.1) is 0 Å². The van der Waals surface area contributed by atoms with Crippen LogP contribution in [0.1, 0.15) is 16.4 Å². The number of benzene rings is 1. The lowest BCUT2D eigenvalue weighted by molar-refractivity contribution is 0.0662. The van der Waals surface area contributed by atoms with Crippen molar-refractivity contribution < 1.29 is 18.7 Å². The molecule has 5 heteroatoms. The van der Waals surface area contributed by atoms with Crippen LogP contribution < -0.4 is 0 Å². The lowest BCUT2D eigenvalue weighted by Gasteiger charge is -1.97. The molecule has 1 aromatic carbocycles. The molecule has 1 aromatic heterocycles. The van der Waals surface area contributed by atoms with Crippen LogP contribution in [0.4, 0.5) is 4.39 Å². The van der Waals surface area contributed by atoms with E-state index in [-0.39, 0.29) is 17.3 Å². The monoisotopic (exact) mass is 221 g/mol. The molecular weight excluding hydrogens is 213 g/mol. The summed E-state index contributed by atoms with van der Waals surface area (Å²) in [5, 5.41) is 8.88. The first kappa shape index (κ1) is 10.4. The Balaban J connectivity index is 2.59. The number of aromatic carboxylic acids is 1. The first-order valence-electron chi connectivity index (χ1n) is 4.54. The fraction of sp³-hybridized carbons (Fsp3) is 0.0909. The Bertz CT molecular complexity index is 548. The number of aryl methyl sites for hydroxylation is 1. The second-order valence-electron chi connectivity index (χ2n) is 3.23. The Morgan fingerprint density at radius 2 is 2.25 bits per heavy atom. The van der Waals surface area contributed by atoms with Gasteiger partial charge in [0.2, 0.25) is 5.76 Å². The summed E-state index contributed by atoms with van der Waals surface area (Å²) in [5.41, 5.74) is 0.527. The van der Waals surface area contributed by atoms with Crippen molar-refractivity contribution in [1.82, 2.24) is 4.98 Å². The lowest BCUT2D eigenvalue weighted by Crippen LogP contribution is -1.96. The molecule has 0 saturated carbocycles. The standard InChI is InChI=1S/C11H8FNO3/c1-6-13-9(10(16-6)11(14)15)7-3-2-4-8(12)5-7/h2-5H,1H3,(H,14,15). The SMILES string of the molecule is Cc1nc(-c2cccc(F)c2)c(C(=O)O)o1. The first-order valence-corrected chi connectivity index (χ1v) is 4.54. The second kappa shape index (κ2) is 3.77. The second-order valence-corrected chi connectivity index (χ2v) is 3.23. The van der Waals surface area contributed by atoms with E-state index < -0.39 is 11.8 Å². The van der Waals surface area contributed by atoms with Gasteiger partial charge in [0, 0.05) is 12.5 Å². The predicted molar refractivity (Wildman–Crippen MR) is 53.6 cm³/mol. The minimum atomic E-state index is -1.22. The van der Waals surface area contributed by atoms with E-state index in [4.69, 9.17) is 9.52 Å². The van der Waals surface area contributed by atoms with Gasteiger partial charge in [0.15, 0.2) is 5.89 Å². The van der Waals surface area contributed by atoms with Crippen molar-refractivity contribution in [2.75, 3.05) is 0 Å². The number of aromatic nitrogens is 1. The largest absolute Gasteiger partial charge is 0.475 e. The predicted octanol–water partition coefficient (Wildman–Crippen LogP) is 2.49. The summed E-state index contributed by atoms with van der Waals surface area (Å²) in [6, 6.07) is 5.55. The first-order chi connectivity index (χ1) is 7.58. The number of carboxylic acid groups (broad SMARTS) is 1. The molecule has 0 aliphatic rings. The Morgan fingerprint density at radius 1 is 1.50 bits per heavy atom. The summed E-state index contributed by atoms with van der Waals surface area (Å²) in [5.74, 6) is -1.71. The van der Waals surface area contributed by atoms with Gasteiger partial charge in [-0.15, -0.1) is 0 Å². The summed E-state index contributed by atoms with van der Waals surface area (Å²) in [6.45, 7) is 1.54. The number of oxazole rings is 1. The van der Waals surface area contributed by atoms with Crippen molar-refractivity contribution in [3.05, 3.63) is 41.7 Å². The number of hydrogen-bond donors (Lipinski definition) is 1. The third-order valence-electron chi connectivity index (χ3n) is 2.03. The van der Waals surface area contributed by atoms with Gasteiger partial charge in [-0.05, 0) is 12.1 Å². The fourth-order valence-corrected chi connectivity index (χ4v) is 1.40. The molecule has 0 bridgehead atoms. The van der Waals surface area contributed by atoms with Gasteiger partial charge >= 0.3 is 5.97 Å². The molecule has 1 heterocycles. The van der Waals surface area contributed by atoms with Crippen molar-refractivity contribution in [1.29, 1.82) is 0 Å². The molecule has 0 spiro atoms. The van der Waals surface area contributed by atoms with Crippen molar-refractivity contribution in [2.24, 2.45) is 0 Å². The molecule has 0 amide bonds. The zero-order valence-electron chi connectivity index (χ0n) is 8.40. The molecule has 0 unspecified atom stereocenters. The van der Waals surface area contributed by atoms with E-state index in [1.807, 2.05) is 0 Å². The number of nitrogens with zero attached hydrogens (tertiary/aromatic N) is 1. The number of carboxylic acids is 1. The maximum atomic E-state index is 13.0. The van der Waals surface area contributed by atoms with Crippen LogP contribution in [0.15, 0.2) is 28.7 Å². The van der Waals surface area contributed by atoms with E-state index in [0.29, 0.717) is 5.56 Å². The molecule has 0 fully saturated rings. The molecule has 4 nitrogen and oxygen atoms in total. The number of halogens is 1. The van der Waals surface area contributed by atoms with Crippen LogP contribution in [0, 0.1) is 12.7 Å². The van der Waals surface area contributed by atoms with Crippen LogP contribution in [-0.2, 0) is 0 Å². The zero-order valence-corrected chi connectivity index (χ0v) is 8.40. The van der Waals surface area contributed by atoms with E-state index in [1.165, 1.54) is 25.1 Å². The van der Waals surface area contributed by atoms with Crippen LogP contribution in [0.3, 0.4) is 0 Å². The van der Waals surface area contributed by atoms with Gasteiger partial charge in [-0.3, -0.25) is 0 Å². The number of carbonyl (C=O) groups is 1. The van der Waals surface area contributed by atoms with E-state index in [0.717, 1.165) is 0 Å². The lowest BCUT2D eigenvalue weighted by atomic mass is 10.1.